The van der Waals surface area contributed by atoms with Gasteiger partial charge >= 0.3 is 5.97 Å². The zero-order chi connectivity index (χ0) is 19.8. The maximum absolute atomic E-state index is 12.2. The maximum Gasteiger partial charge on any atom is 0.306 e. The molecule has 0 aliphatic heterocycles. The van der Waals surface area contributed by atoms with Crippen LogP contribution in [0.2, 0.25) is 0 Å². The van der Waals surface area contributed by atoms with E-state index in [0.717, 1.165) is 0 Å². The van der Waals surface area contributed by atoms with Gasteiger partial charge in [0.15, 0.2) is 0 Å². The van der Waals surface area contributed by atoms with Crippen molar-refractivity contribution < 1.29 is 27.5 Å². The fourth-order valence-corrected chi connectivity index (χ4v) is 3.35. The molecule has 2 N–H and O–H groups in total. The fraction of sp³-hybridized carbons (Fsp3) is 0.529. The van der Waals surface area contributed by atoms with Crippen LogP contribution < -0.4 is 10.0 Å². The summed E-state index contributed by atoms with van der Waals surface area (Å²) in [6, 6.07) is 5.80. The lowest BCUT2D eigenvalue weighted by molar-refractivity contribution is -0.145. The molecule has 9 heteroatoms. The molecule has 0 unspecified atom stereocenters. The van der Waals surface area contributed by atoms with Gasteiger partial charge in [0, 0.05) is 24.8 Å². The third kappa shape index (κ3) is 8.41. The molecule has 0 radical (unpaired) electrons. The first-order valence-corrected chi connectivity index (χ1v) is 9.60. The first-order chi connectivity index (χ1) is 12.0. The van der Waals surface area contributed by atoms with Crippen LogP contribution in [0.15, 0.2) is 29.2 Å². The van der Waals surface area contributed by atoms with Gasteiger partial charge in [-0.3, -0.25) is 9.59 Å². The summed E-state index contributed by atoms with van der Waals surface area (Å²) in [5, 5.41) is 2.60. The van der Waals surface area contributed by atoms with Crippen LogP contribution in [0.3, 0.4) is 0 Å². The minimum Gasteiger partial charge on any atom is -0.463 e. The summed E-state index contributed by atoms with van der Waals surface area (Å²) in [6.07, 6.45) is -0.0744. The van der Waals surface area contributed by atoms with Crippen molar-refractivity contribution in [3.05, 3.63) is 24.3 Å². The number of ether oxygens (including phenoxy) is 2. The number of benzene rings is 1. The van der Waals surface area contributed by atoms with E-state index in [9.17, 15) is 18.0 Å². The Bertz CT molecular complexity index is 708. The predicted molar refractivity (Wildman–Crippen MR) is 97.2 cm³/mol. The van der Waals surface area contributed by atoms with Crippen molar-refractivity contribution in [3.8, 4) is 0 Å². The molecular formula is C17H26N2O6S. The Kier molecular flexibility index (Phi) is 8.19. The van der Waals surface area contributed by atoms with Crippen molar-refractivity contribution in [1.29, 1.82) is 0 Å². The zero-order valence-corrected chi connectivity index (χ0v) is 16.3. The summed E-state index contributed by atoms with van der Waals surface area (Å²) in [7, 11) is -2.13. The lowest BCUT2D eigenvalue weighted by Crippen LogP contribution is -2.40. The monoisotopic (exact) mass is 386 g/mol. The van der Waals surface area contributed by atoms with Crippen LogP contribution in [-0.4, -0.2) is 46.2 Å². The fourth-order valence-electron chi connectivity index (χ4n) is 1.93. The van der Waals surface area contributed by atoms with Crippen LogP contribution in [0.5, 0.6) is 0 Å². The summed E-state index contributed by atoms with van der Waals surface area (Å²) in [6.45, 7) is 5.70. The minimum absolute atomic E-state index is 0.0303. The van der Waals surface area contributed by atoms with Crippen molar-refractivity contribution >= 4 is 27.6 Å². The Morgan fingerprint density at radius 1 is 1.04 bits per heavy atom. The number of methoxy groups -OCH3 is 1. The zero-order valence-electron chi connectivity index (χ0n) is 15.5. The van der Waals surface area contributed by atoms with E-state index in [4.69, 9.17) is 9.47 Å². The number of nitrogens with one attached hydrogen (secondary N) is 2. The molecule has 0 heterocycles. The Balaban J connectivity index is 2.54. The second-order valence-electron chi connectivity index (χ2n) is 6.64. The second kappa shape index (κ2) is 9.65. The molecule has 1 aromatic carbocycles. The number of anilines is 1. The van der Waals surface area contributed by atoms with Crippen LogP contribution in [0.4, 0.5) is 5.69 Å². The highest BCUT2D eigenvalue weighted by molar-refractivity contribution is 7.89. The highest BCUT2D eigenvalue weighted by atomic mass is 32.2. The van der Waals surface area contributed by atoms with Crippen molar-refractivity contribution in [1.82, 2.24) is 4.72 Å². The van der Waals surface area contributed by atoms with Gasteiger partial charge in [0.25, 0.3) is 0 Å². The topological polar surface area (TPSA) is 111 Å². The van der Waals surface area contributed by atoms with Gasteiger partial charge in [-0.1, -0.05) is 0 Å². The molecule has 0 aliphatic carbocycles. The summed E-state index contributed by atoms with van der Waals surface area (Å²) in [4.78, 5) is 23.4. The maximum atomic E-state index is 12.2. The Morgan fingerprint density at radius 2 is 1.65 bits per heavy atom. The number of amides is 1. The average Bonchev–Trinajstić information content (AvgIpc) is 2.51. The largest absolute Gasteiger partial charge is 0.463 e. The SMILES string of the molecule is COCCOC(=O)CCC(=O)Nc1ccc(S(=O)(=O)NC(C)(C)C)cc1. The van der Waals surface area contributed by atoms with Gasteiger partial charge < -0.3 is 14.8 Å². The minimum atomic E-state index is -3.63. The van der Waals surface area contributed by atoms with Gasteiger partial charge in [-0.15, -0.1) is 0 Å². The van der Waals surface area contributed by atoms with E-state index in [1.807, 2.05) is 0 Å². The highest BCUT2D eigenvalue weighted by Crippen LogP contribution is 2.16. The normalized spacial score (nSPS) is 11.8. The summed E-state index contributed by atoms with van der Waals surface area (Å²) >= 11 is 0. The molecular weight excluding hydrogens is 360 g/mol. The van der Waals surface area contributed by atoms with E-state index in [0.29, 0.717) is 12.3 Å². The molecule has 0 fully saturated rings. The van der Waals surface area contributed by atoms with Crippen molar-refractivity contribution in [3.63, 3.8) is 0 Å². The van der Waals surface area contributed by atoms with Gasteiger partial charge in [-0.05, 0) is 45.0 Å². The van der Waals surface area contributed by atoms with Gasteiger partial charge in [0.2, 0.25) is 15.9 Å². The lowest BCUT2D eigenvalue weighted by atomic mass is 10.1. The van der Waals surface area contributed by atoms with E-state index in [-0.39, 0.29) is 30.3 Å². The first-order valence-electron chi connectivity index (χ1n) is 8.12. The van der Waals surface area contributed by atoms with Crippen molar-refractivity contribution in [2.75, 3.05) is 25.6 Å². The molecule has 1 rings (SSSR count). The second-order valence-corrected chi connectivity index (χ2v) is 8.32. The number of carbonyl (C=O) groups is 2. The molecule has 1 aromatic rings. The molecule has 1 amide bonds. The van der Waals surface area contributed by atoms with Crippen LogP contribution in [-0.2, 0) is 29.1 Å². The molecule has 8 nitrogen and oxygen atoms in total. The Hall–Kier alpha value is -1.97. The van der Waals surface area contributed by atoms with Gasteiger partial charge in [0.05, 0.1) is 17.9 Å². The average molecular weight is 386 g/mol. The number of sulfonamides is 1. The van der Waals surface area contributed by atoms with E-state index >= 15 is 0 Å². The van der Waals surface area contributed by atoms with Crippen LogP contribution in [0.25, 0.3) is 0 Å². The number of rotatable bonds is 9. The molecule has 0 atom stereocenters. The van der Waals surface area contributed by atoms with E-state index in [1.165, 1.54) is 31.4 Å². The summed E-state index contributed by atoms with van der Waals surface area (Å²) < 4.78 is 36.6. The molecule has 0 aromatic heterocycles. The third-order valence-corrected chi connectivity index (χ3v) is 4.77. The quantitative estimate of drug-likeness (QED) is 0.493. The Morgan fingerprint density at radius 3 is 2.19 bits per heavy atom. The Labute approximate surface area is 154 Å². The van der Waals surface area contributed by atoms with Crippen LogP contribution in [0.1, 0.15) is 33.6 Å². The molecule has 0 bridgehead atoms. The molecule has 26 heavy (non-hydrogen) atoms. The molecule has 0 saturated heterocycles. The standard InChI is InChI=1S/C17H26N2O6S/c1-17(2,3)19-26(22,23)14-7-5-13(6-8-14)18-15(20)9-10-16(21)25-12-11-24-4/h5-8,19H,9-12H2,1-4H3,(H,18,20). The number of carbonyl (C=O) groups excluding carboxylic acids is 2. The first kappa shape index (κ1) is 22.1. The number of esters is 1. The summed E-state index contributed by atoms with van der Waals surface area (Å²) in [5.41, 5.74) is -0.152. The lowest BCUT2D eigenvalue weighted by Gasteiger charge is -2.20. The van der Waals surface area contributed by atoms with Crippen LogP contribution in [0, 0.1) is 0 Å². The van der Waals surface area contributed by atoms with Gasteiger partial charge in [-0.2, -0.15) is 0 Å². The summed E-state index contributed by atoms with van der Waals surface area (Å²) in [5.74, 6) is -0.844. The molecule has 0 spiro atoms. The number of hydrogen-bond acceptors (Lipinski definition) is 6. The van der Waals surface area contributed by atoms with E-state index in [2.05, 4.69) is 10.0 Å². The van der Waals surface area contributed by atoms with Crippen LogP contribution >= 0.6 is 0 Å². The predicted octanol–water partition coefficient (Wildman–Crippen LogP) is 1.67. The molecule has 146 valence electrons. The molecule has 0 aliphatic rings. The molecule has 0 saturated carbocycles. The van der Waals surface area contributed by atoms with E-state index < -0.39 is 21.5 Å². The number of hydrogen-bond donors (Lipinski definition) is 2. The van der Waals surface area contributed by atoms with Gasteiger partial charge in [-0.25, -0.2) is 13.1 Å². The smallest absolute Gasteiger partial charge is 0.306 e. The highest BCUT2D eigenvalue weighted by Gasteiger charge is 2.21. The van der Waals surface area contributed by atoms with Crippen molar-refractivity contribution in [2.45, 2.75) is 44.0 Å². The van der Waals surface area contributed by atoms with E-state index in [1.54, 1.807) is 20.8 Å². The van der Waals surface area contributed by atoms with Crippen molar-refractivity contribution in [2.24, 2.45) is 0 Å². The third-order valence-electron chi connectivity index (χ3n) is 3.00. The van der Waals surface area contributed by atoms with Gasteiger partial charge in [0.1, 0.15) is 6.61 Å².